The van der Waals surface area contributed by atoms with Crippen molar-refractivity contribution in [3.8, 4) is 0 Å². The lowest BCUT2D eigenvalue weighted by Crippen LogP contribution is -2.35. The maximum absolute atomic E-state index is 13.1. The highest BCUT2D eigenvalue weighted by molar-refractivity contribution is 6.01. The summed E-state index contributed by atoms with van der Waals surface area (Å²) in [7, 11) is 0. The smallest absolute Gasteiger partial charge is 0.257 e. The second kappa shape index (κ2) is 7.04. The molecule has 4 heterocycles. The van der Waals surface area contributed by atoms with Gasteiger partial charge in [0.25, 0.3) is 5.91 Å². The Labute approximate surface area is 175 Å². The predicted molar refractivity (Wildman–Crippen MR) is 114 cm³/mol. The lowest BCUT2D eigenvalue weighted by Gasteiger charge is -2.26. The number of piperidine rings is 1. The second-order valence-corrected chi connectivity index (χ2v) is 8.68. The molecular weight excluding hydrogens is 374 g/mol. The van der Waals surface area contributed by atoms with E-state index in [0.29, 0.717) is 11.5 Å². The van der Waals surface area contributed by atoms with Crippen molar-refractivity contribution >= 4 is 17.0 Å². The van der Waals surface area contributed by atoms with Crippen molar-refractivity contribution < 1.29 is 4.79 Å². The molecule has 0 radical (unpaired) electrons. The van der Waals surface area contributed by atoms with E-state index in [1.54, 1.807) is 10.7 Å². The molecule has 30 heavy (non-hydrogen) atoms. The predicted octanol–water partition coefficient (Wildman–Crippen LogP) is 4.01. The number of pyridine rings is 1. The first-order valence-electron chi connectivity index (χ1n) is 11.1. The average Bonchev–Trinajstić information content (AvgIpc) is 3.57. The average molecular weight is 399 g/mol. The summed E-state index contributed by atoms with van der Waals surface area (Å²) in [6, 6.07) is 4.17. The minimum absolute atomic E-state index is 0.0947. The van der Waals surface area contributed by atoms with E-state index in [2.05, 4.69) is 28.3 Å². The number of allylic oxidation sites excluding steroid dienone is 1. The van der Waals surface area contributed by atoms with E-state index in [0.717, 1.165) is 66.9 Å². The fourth-order valence-corrected chi connectivity index (χ4v) is 4.70. The van der Waals surface area contributed by atoms with E-state index < -0.39 is 0 Å². The summed E-state index contributed by atoms with van der Waals surface area (Å²) in [4.78, 5) is 24.6. The summed E-state index contributed by atoms with van der Waals surface area (Å²) in [6.45, 7) is 1.68. The maximum Gasteiger partial charge on any atom is 0.257 e. The molecule has 0 atom stereocenters. The zero-order chi connectivity index (χ0) is 20.1. The molecule has 1 saturated carbocycles. The van der Waals surface area contributed by atoms with Crippen molar-refractivity contribution in [3.63, 3.8) is 0 Å². The molecule has 6 rings (SSSR count). The highest BCUT2D eigenvalue weighted by Gasteiger charge is 2.28. The normalized spacial score (nSPS) is 18.9. The van der Waals surface area contributed by atoms with E-state index in [1.807, 2.05) is 17.3 Å². The second-order valence-electron chi connectivity index (χ2n) is 8.68. The van der Waals surface area contributed by atoms with Crippen LogP contribution in [0.4, 0.5) is 0 Å². The van der Waals surface area contributed by atoms with Gasteiger partial charge in [0, 0.05) is 37.0 Å². The number of aromatic nitrogens is 4. The molecule has 0 aromatic carbocycles. The maximum atomic E-state index is 13.1. The summed E-state index contributed by atoms with van der Waals surface area (Å²) in [5.74, 6) is 1.67. The fourth-order valence-electron chi connectivity index (χ4n) is 4.70. The van der Waals surface area contributed by atoms with Crippen molar-refractivity contribution in [1.29, 1.82) is 0 Å². The lowest BCUT2D eigenvalue weighted by atomic mass is 9.91. The number of likely N-dealkylation sites (tertiary alicyclic amines) is 1. The standard InChI is InChI=1S/C24H25N5O/c30-24(28-10-2-1-3-11-28)20-15-26-29-12-9-17(13-22(20)29)18-5-4-6-21-19(18)14-25-23(27-21)16-7-8-16/h5,9,12-16H,1-4,6-8,10-11H2. The molecule has 1 saturated heterocycles. The number of amides is 1. The van der Waals surface area contributed by atoms with Crippen molar-refractivity contribution in [1.82, 2.24) is 24.5 Å². The van der Waals surface area contributed by atoms with Gasteiger partial charge in [0.05, 0.1) is 23.0 Å². The summed E-state index contributed by atoms with van der Waals surface area (Å²) in [5.41, 5.74) is 6.10. The number of nitrogens with zero attached hydrogens (tertiary/aromatic N) is 5. The Hall–Kier alpha value is -3.02. The van der Waals surface area contributed by atoms with Crippen LogP contribution in [0, 0.1) is 0 Å². The summed E-state index contributed by atoms with van der Waals surface area (Å²) in [6.07, 6.45) is 15.7. The van der Waals surface area contributed by atoms with Crippen LogP contribution in [0.15, 0.2) is 36.8 Å². The number of hydrogen-bond acceptors (Lipinski definition) is 4. The number of rotatable bonds is 3. The van der Waals surface area contributed by atoms with E-state index in [4.69, 9.17) is 4.98 Å². The zero-order valence-corrected chi connectivity index (χ0v) is 17.0. The van der Waals surface area contributed by atoms with Gasteiger partial charge in [0.2, 0.25) is 0 Å². The number of carbonyl (C=O) groups is 1. The van der Waals surface area contributed by atoms with Gasteiger partial charge in [-0.3, -0.25) is 4.79 Å². The van der Waals surface area contributed by atoms with E-state index in [9.17, 15) is 4.79 Å². The molecule has 3 aromatic rings. The number of aryl methyl sites for hydroxylation is 1. The molecular formula is C24H25N5O. The van der Waals surface area contributed by atoms with Crippen LogP contribution in [0.1, 0.15) is 77.4 Å². The van der Waals surface area contributed by atoms with Gasteiger partial charge in [-0.25, -0.2) is 14.5 Å². The van der Waals surface area contributed by atoms with Crippen LogP contribution in [-0.4, -0.2) is 43.5 Å². The van der Waals surface area contributed by atoms with Crippen molar-refractivity contribution in [2.24, 2.45) is 0 Å². The molecule has 3 aromatic heterocycles. The van der Waals surface area contributed by atoms with Crippen LogP contribution < -0.4 is 0 Å². The van der Waals surface area contributed by atoms with Gasteiger partial charge in [-0.15, -0.1) is 0 Å². The van der Waals surface area contributed by atoms with Gasteiger partial charge in [0.1, 0.15) is 5.82 Å². The largest absolute Gasteiger partial charge is 0.339 e. The fraction of sp³-hybridized carbons (Fsp3) is 0.417. The van der Waals surface area contributed by atoms with Crippen molar-refractivity contribution in [3.05, 3.63) is 65.0 Å². The highest BCUT2D eigenvalue weighted by atomic mass is 16.2. The third-order valence-corrected chi connectivity index (χ3v) is 6.55. The summed E-state index contributed by atoms with van der Waals surface area (Å²) >= 11 is 0. The van der Waals surface area contributed by atoms with Gasteiger partial charge in [-0.1, -0.05) is 6.08 Å². The van der Waals surface area contributed by atoms with E-state index in [1.165, 1.54) is 24.8 Å². The minimum atomic E-state index is 0.0947. The molecule has 0 unspecified atom stereocenters. The van der Waals surface area contributed by atoms with Gasteiger partial charge >= 0.3 is 0 Å². The van der Waals surface area contributed by atoms with Crippen LogP contribution in [0.3, 0.4) is 0 Å². The molecule has 0 spiro atoms. The number of carbonyl (C=O) groups excluding carboxylic acids is 1. The molecule has 2 fully saturated rings. The van der Waals surface area contributed by atoms with E-state index >= 15 is 0 Å². The minimum Gasteiger partial charge on any atom is -0.339 e. The van der Waals surface area contributed by atoms with Crippen LogP contribution >= 0.6 is 0 Å². The van der Waals surface area contributed by atoms with Gasteiger partial charge in [-0.2, -0.15) is 5.10 Å². The molecule has 0 bridgehead atoms. The molecule has 6 nitrogen and oxygen atoms in total. The van der Waals surface area contributed by atoms with E-state index in [-0.39, 0.29) is 5.91 Å². The molecule has 2 aliphatic carbocycles. The Morgan fingerprint density at radius 3 is 2.80 bits per heavy atom. The van der Waals surface area contributed by atoms with Crippen LogP contribution in [0.25, 0.3) is 11.1 Å². The third kappa shape index (κ3) is 3.02. The SMILES string of the molecule is O=C(c1cnn2ccc(C3=CCCc4nc(C5CC5)ncc43)cc12)N1CCCCC1. The van der Waals surface area contributed by atoms with Crippen LogP contribution in [0.2, 0.25) is 0 Å². The van der Waals surface area contributed by atoms with Crippen molar-refractivity contribution in [2.45, 2.75) is 50.9 Å². The topological polar surface area (TPSA) is 63.4 Å². The summed E-state index contributed by atoms with van der Waals surface area (Å²) in [5, 5.41) is 4.43. The first kappa shape index (κ1) is 17.8. The molecule has 1 amide bonds. The molecule has 6 heteroatoms. The zero-order valence-electron chi connectivity index (χ0n) is 17.0. The number of fused-ring (bicyclic) bond motifs is 2. The molecule has 152 valence electrons. The first-order chi connectivity index (χ1) is 14.8. The van der Waals surface area contributed by atoms with Gasteiger partial charge in [0.15, 0.2) is 0 Å². The monoisotopic (exact) mass is 399 g/mol. The molecule has 0 N–H and O–H groups in total. The Bertz CT molecular complexity index is 1170. The molecule has 3 aliphatic rings. The lowest BCUT2D eigenvalue weighted by molar-refractivity contribution is 0.0726. The van der Waals surface area contributed by atoms with Crippen LogP contribution in [0.5, 0.6) is 0 Å². The van der Waals surface area contributed by atoms with Gasteiger partial charge < -0.3 is 4.90 Å². The Morgan fingerprint density at radius 2 is 1.97 bits per heavy atom. The van der Waals surface area contributed by atoms with Crippen LogP contribution in [-0.2, 0) is 6.42 Å². The Balaban J connectivity index is 1.38. The first-order valence-corrected chi connectivity index (χ1v) is 11.1. The molecule has 1 aliphatic heterocycles. The highest BCUT2D eigenvalue weighted by Crippen LogP contribution is 2.39. The number of hydrogen-bond donors (Lipinski definition) is 0. The van der Waals surface area contributed by atoms with Crippen molar-refractivity contribution in [2.75, 3.05) is 13.1 Å². The van der Waals surface area contributed by atoms with Gasteiger partial charge in [-0.05, 0) is 68.2 Å². The Morgan fingerprint density at radius 1 is 1.10 bits per heavy atom. The summed E-state index contributed by atoms with van der Waals surface area (Å²) < 4.78 is 1.80. The Kier molecular flexibility index (Phi) is 4.18. The third-order valence-electron chi connectivity index (χ3n) is 6.55. The quantitative estimate of drug-likeness (QED) is 0.668.